The van der Waals surface area contributed by atoms with E-state index in [0.717, 1.165) is 5.56 Å². The van der Waals surface area contributed by atoms with E-state index in [9.17, 15) is 9.90 Å². The highest BCUT2D eigenvalue weighted by Gasteiger charge is 2.11. The van der Waals surface area contributed by atoms with Gasteiger partial charge in [0.1, 0.15) is 5.75 Å². The molecule has 0 aliphatic heterocycles. The molecule has 5 heteroatoms. The number of phenolic OH excluding ortho intramolecular Hbond substituents is 1. The van der Waals surface area contributed by atoms with Crippen molar-refractivity contribution in [1.82, 2.24) is 5.43 Å². The average Bonchev–Trinajstić information content (AvgIpc) is 2.50. The second-order valence-corrected chi connectivity index (χ2v) is 5.02. The van der Waals surface area contributed by atoms with E-state index in [1.54, 1.807) is 6.21 Å². The molecular weight excluding hydrogens is 288 g/mol. The summed E-state index contributed by atoms with van der Waals surface area (Å²) in [6, 6.07) is 14.1. The number of rotatable bonds is 4. The first-order valence-electron chi connectivity index (χ1n) is 6.45. The van der Waals surface area contributed by atoms with Crippen molar-refractivity contribution in [1.29, 1.82) is 0 Å². The zero-order chi connectivity index (χ0) is 15.2. The summed E-state index contributed by atoms with van der Waals surface area (Å²) in [5.41, 5.74) is 3.57. The summed E-state index contributed by atoms with van der Waals surface area (Å²) >= 11 is 5.80. The van der Waals surface area contributed by atoms with Crippen LogP contribution in [0, 0.1) is 0 Å². The van der Waals surface area contributed by atoms with Crippen molar-refractivity contribution in [2.45, 2.75) is 12.8 Å². The molecule has 0 saturated carbocycles. The highest BCUT2D eigenvalue weighted by Crippen LogP contribution is 2.21. The Bertz CT molecular complexity index is 657. The molecule has 0 fully saturated rings. The Kier molecular flexibility index (Phi) is 4.95. The van der Waals surface area contributed by atoms with Crippen LogP contribution in [-0.4, -0.2) is 17.2 Å². The Balaban J connectivity index is 2.01. The Morgan fingerprint density at radius 2 is 2.00 bits per heavy atom. The molecule has 2 aromatic rings. The number of hydrogen-bond acceptors (Lipinski definition) is 3. The predicted molar refractivity (Wildman–Crippen MR) is 83.9 cm³/mol. The molecule has 0 heterocycles. The molecular formula is C16H15ClN2O2. The normalized spacial score (nSPS) is 12.3. The van der Waals surface area contributed by atoms with Crippen molar-refractivity contribution < 1.29 is 9.90 Å². The summed E-state index contributed by atoms with van der Waals surface area (Å²) in [6.07, 6.45) is 1.63. The first kappa shape index (κ1) is 15.1. The number of carbonyl (C=O) groups is 1. The molecule has 0 saturated heterocycles. The van der Waals surface area contributed by atoms with Crippen LogP contribution in [0.1, 0.15) is 28.8 Å². The van der Waals surface area contributed by atoms with Crippen LogP contribution in [0.3, 0.4) is 0 Å². The highest BCUT2D eigenvalue weighted by molar-refractivity contribution is 6.31. The fourth-order valence-electron chi connectivity index (χ4n) is 1.80. The first-order chi connectivity index (χ1) is 10.1. The second kappa shape index (κ2) is 6.90. The first-order valence-corrected chi connectivity index (χ1v) is 6.82. The fourth-order valence-corrected chi connectivity index (χ4v) is 1.97. The number of nitrogens with one attached hydrogen (secondary N) is 1. The largest absolute Gasteiger partial charge is 0.507 e. The third kappa shape index (κ3) is 4.07. The monoisotopic (exact) mass is 302 g/mol. The lowest BCUT2D eigenvalue weighted by Gasteiger charge is -2.06. The number of nitrogens with zero attached hydrogens (tertiary/aromatic N) is 1. The van der Waals surface area contributed by atoms with Crippen LogP contribution < -0.4 is 5.43 Å². The van der Waals surface area contributed by atoms with Gasteiger partial charge in [-0.3, -0.25) is 4.79 Å². The lowest BCUT2D eigenvalue weighted by Crippen LogP contribution is -2.18. The Hall–Kier alpha value is -2.33. The zero-order valence-electron chi connectivity index (χ0n) is 11.5. The van der Waals surface area contributed by atoms with Gasteiger partial charge >= 0.3 is 0 Å². The van der Waals surface area contributed by atoms with Crippen LogP contribution in [0.15, 0.2) is 53.6 Å². The van der Waals surface area contributed by atoms with E-state index in [1.807, 2.05) is 37.3 Å². The van der Waals surface area contributed by atoms with Gasteiger partial charge in [0.15, 0.2) is 0 Å². The molecule has 1 atom stereocenters. The molecule has 0 spiro atoms. The zero-order valence-corrected chi connectivity index (χ0v) is 12.2. The number of hydrogen-bond donors (Lipinski definition) is 2. The lowest BCUT2D eigenvalue weighted by atomic mass is 10.0. The third-order valence-electron chi connectivity index (χ3n) is 2.99. The molecule has 2 N–H and O–H groups in total. The summed E-state index contributed by atoms with van der Waals surface area (Å²) in [5.74, 6) is -0.575. The van der Waals surface area contributed by atoms with Gasteiger partial charge < -0.3 is 5.11 Å². The third-order valence-corrected chi connectivity index (χ3v) is 3.23. The minimum absolute atomic E-state index is 0.0689. The number of aromatic hydroxyl groups is 1. The van der Waals surface area contributed by atoms with Crippen LogP contribution in [-0.2, 0) is 0 Å². The summed E-state index contributed by atoms with van der Waals surface area (Å²) < 4.78 is 0. The Morgan fingerprint density at radius 1 is 1.29 bits per heavy atom. The second-order valence-electron chi connectivity index (χ2n) is 4.58. The van der Waals surface area contributed by atoms with E-state index >= 15 is 0 Å². The Labute approximate surface area is 128 Å². The van der Waals surface area contributed by atoms with Crippen LogP contribution in [0.2, 0.25) is 5.02 Å². The van der Waals surface area contributed by atoms with E-state index in [1.165, 1.54) is 18.2 Å². The van der Waals surface area contributed by atoms with Crippen molar-refractivity contribution in [2.75, 3.05) is 0 Å². The van der Waals surface area contributed by atoms with Gasteiger partial charge in [0, 0.05) is 17.2 Å². The van der Waals surface area contributed by atoms with Gasteiger partial charge in [-0.2, -0.15) is 5.10 Å². The van der Waals surface area contributed by atoms with Gasteiger partial charge in [-0.05, 0) is 23.8 Å². The maximum absolute atomic E-state index is 11.9. The van der Waals surface area contributed by atoms with E-state index in [0.29, 0.717) is 5.02 Å². The number of phenols is 1. The number of amides is 1. The molecule has 4 nitrogen and oxygen atoms in total. The molecule has 2 aromatic carbocycles. The van der Waals surface area contributed by atoms with Crippen LogP contribution in [0.25, 0.3) is 0 Å². The molecule has 108 valence electrons. The summed E-state index contributed by atoms with van der Waals surface area (Å²) in [6.45, 7) is 1.97. The molecule has 0 aliphatic rings. The van der Waals surface area contributed by atoms with Gasteiger partial charge in [0.2, 0.25) is 0 Å². The van der Waals surface area contributed by atoms with Crippen LogP contribution in [0.5, 0.6) is 5.75 Å². The maximum atomic E-state index is 11.9. The number of benzene rings is 2. The van der Waals surface area contributed by atoms with E-state index in [2.05, 4.69) is 10.5 Å². The van der Waals surface area contributed by atoms with Gasteiger partial charge in [-0.1, -0.05) is 48.9 Å². The number of carbonyl (C=O) groups excluding carboxylic acids is 1. The fraction of sp³-hybridized carbons (Fsp3) is 0.125. The molecule has 0 aliphatic carbocycles. The summed E-state index contributed by atoms with van der Waals surface area (Å²) in [5, 5.41) is 13.9. The average molecular weight is 303 g/mol. The van der Waals surface area contributed by atoms with Gasteiger partial charge in [-0.25, -0.2) is 5.43 Å². The van der Waals surface area contributed by atoms with Crippen LogP contribution >= 0.6 is 11.6 Å². The SMILES string of the molecule is C[C@H](/C=N\NC(=O)c1cc(Cl)ccc1O)c1ccccc1. The van der Waals surface area contributed by atoms with Crippen LogP contribution in [0.4, 0.5) is 0 Å². The molecule has 0 radical (unpaired) electrons. The molecule has 1 amide bonds. The molecule has 0 aromatic heterocycles. The summed E-state index contributed by atoms with van der Waals surface area (Å²) in [4.78, 5) is 11.9. The van der Waals surface area contributed by atoms with Crippen molar-refractivity contribution in [3.63, 3.8) is 0 Å². The number of hydrazone groups is 1. The molecule has 2 rings (SSSR count). The van der Waals surface area contributed by atoms with E-state index in [4.69, 9.17) is 11.6 Å². The lowest BCUT2D eigenvalue weighted by molar-refractivity contribution is 0.0952. The standard InChI is InChI=1S/C16H15ClN2O2/c1-11(12-5-3-2-4-6-12)10-18-19-16(21)14-9-13(17)7-8-15(14)20/h2-11,20H,1H3,(H,19,21)/b18-10-/t11-/m1/s1. The Morgan fingerprint density at radius 3 is 2.71 bits per heavy atom. The smallest absolute Gasteiger partial charge is 0.275 e. The van der Waals surface area contributed by atoms with Crippen molar-refractivity contribution >= 4 is 23.7 Å². The van der Waals surface area contributed by atoms with Gasteiger partial charge in [0.05, 0.1) is 5.56 Å². The molecule has 0 unspecified atom stereocenters. The van der Waals surface area contributed by atoms with Crippen molar-refractivity contribution in [2.24, 2.45) is 5.10 Å². The predicted octanol–water partition coefficient (Wildman–Crippen LogP) is 3.56. The molecule has 21 heavy (non-hydrogen) atoms. The maximum Gasteiger partial charge on any atom is 0.275 e. The van der Waals surface area contributed by atoms with Gasteiger partial charge in [0.25, 0.3) is 5.91 Å². The van der Waals surface area contributed by atoms with E-state index < -0.39 is 5.91 Å². The van der Waals surface area contributed by atoms with Crippen molar-refractivity contribution in [3.05, 3.63) is 64.7 Å². The summed E-state index contributed by atoms with van der Waals surface area (Å²) in [7, 11) is 0. The van der Waals surface area contributed by atoms with Crippen molar-refractivity contribution in [3.8, 4) is 5.75 Å². The van der Waals surface area contributed by atoms with E-state index in [-0.39, 0.29) is 17.2 Å². The minimum Gasteiger partial charge on any atom is -0.507 e. The quantitative estimate of drug-likeness (QED) is 0.670. The topological polar surface area (TPSA) is 61.7 Å². The highest BCUT2D eigenvalue weighted by atomic mass is 35.5. The molecule has 0 bridgehead atoms. The minimum atomic E-state index is -0.508. The van der Waals surface area contributed by atoms with Gasteiger partial charge in [-0.15, -0.1) is 0 Å². The number of halogens is 1.